The average molecular weight is 331 g/mol. The Bertz CT molecular complexity index is 537. The van der Waals surface area contributed by atoms with E-state index in [0.717, 1.165) is 12.8 Å². The summed E-state index contributed by atoms with van der Waals surface area (Å²) in [7, 11) is 0. The first-order valence-corrected chi connectivity index (χ1v) is 7.49. The molecule has 3 N–H and O–H groups in total. The van der Waals surface area contributed by atoms with Gasteiger partial charge in [0.1, 0.15) is 11.8 Å². The van der Waals surface area contributed by atoms with Gasteiger partial charge in [-0.05, 0) is 25.0 Å². The van der Waals surface area contributed by atoms with Crippen molar-refractivity contribution in [1.82, 2.24) is 10.9 Å². The first-order chi connectivity index (χ1) is 10.9. The fraction of sp³-hybridized carbons (Fsp3) is 0.533. The highest BCUT2D eigenvalue weighted by Gasteiger charge is 2.30. The van der Waals surface area contributed by atoms with Gasteiger partial charge in [0.15, 0.2) is 6.61 Å². The van der Waals surface area contributed by atoms with E-state index in [1.807, 2.05) is 0 Å². The van der Waals surface area contributed by atoms with E-state index in [1.54, 1.807) is 12.1 Å². The van der Waals surface area contributed by atoms with Crippen LogP contribution in [0, 0.1) is 0 Å². The molecule has 1 heterocycles. The lowest BCUT2D eigenvalue weighted by Gasteiger charge is -2.15. The van der Waals surface area contributed by atoms with E-state index in [9.17, 15) is 18.0 Å². The number of benzene rings is 1. The molecule has 0 bridgehead atoms. The molecule has 0 radical (unpaired) electrons. The fourth-order valence-electron chi connectivity index (χ4n) is 2.41. The molecule has 1 saturated heterocycles. The highest BCUT2D eigenvalue weighted by atomic mass is 19.4. The van der Waals surface area contributed by atoms with Gasteiger partial charge in [-0.2, -0.15) is 13.2 Å². The maximum Gasteiger partial charge on any atom is 0.422 e. The number of alkyl halides is 3. The van der Waals surface area contributed by atoms with Gasteiger partial charge < -0.3 is 10.1 Å². The van der Waals surface area contributed by atoms with Gasteiger partial charge in [-0.1, -0.05) is 25.5 Å². The molecule has 1 amide bonds. The van der Waals surface area contributed by atoms with Gasteiger partial charge in [-0.25, -0.2) is 5.43 Å². The molecular weight excluding hydrogens is 311 g/mol. The number of halogens is 3. The Balaban J connectivity index is 1.96. The van der Waals surface area contributed by atoms with Gasteiger partial charge in [0.25, 0.3) is 0 Å². The van der Waals surface area contributed by atoms with Gasteiger partial charge in [-0.15, -0.1) is 0 Å². The summed E-state index contributed by atoms with van der Waals surface area (Å²) in [5, 5.41) is 2.62. The van der Waals surface area contributed by atoms with Crippen LogP contribution in [0.4, 0.5) is 18.9 Å². The predicted molar refractivity (Wildman–Crippen MR) is 80.0 cm³/mol. The molecule has 2 atom stereocenters. The van der Waals surface area contributed by atoms with Crippen molar-refractivity contribution in [3.63, 3.8) is 0 Å². The number of carbonyl (C=O) groups excluding carboxylic acids is 1. The topological polar surface area (TPSA) is 62.4 Å². The minimum atomic E-state index is -4.43. The molecule has 2 rings (SSSR count). The van der Waals surface area contributed by atoms with Crippen molar-refractivity contribution >= 4 is 11.6 Å². The Hall–Kier alpha value is -1.80. The first-order valence-electron chi connectivity index (χ1n) is 7.49. The van der Waals surface area contributed by atoms with Gasteiger partial charge in [-0.3, -0.25) is 10.2 Å². The smallest absolute Gasteiger partial charge is 0.422 e. The third-order valence-corrected chi connectivity index (χ3v) is 3.47. The lowest BCUT2D eigenvalue weighted by molar-refractivity contribution is -0.153. The molecule has 0 saturated carbocycles. The van der Waals surface area contributed by atoms with Crippen LogP contribution in [0.15, 0.2) is 24.3 Å². The van der Waals surface area contributed by atoms with Gasteiger partial charge in [0.05, 0.1) is 5.69 Å². The van der Waals surface area contributed by atoms with E-state index >= 15 is 0 Å². The van der Waals surface area contributed by atoms with E-state index in [2.05, 4.69) is 23.1 Å². The van der Waals surface area contributed by atoms with Crippen LogP contribution in [-0.4, -0.2) is 30.8 Å². The third-order valence-electron chi connectivity index (χ3n) is 3.47. The average Bonchev–Trinajstić information content (AvgIpc) is 2.95. The standard InChI is InChI=1S/C15H20F3N3O2/c1-2-5-10-8-12(21-20-10)14(22)19-11-6-3-4-7-13(11)23-9-15(16,17)18/h3-4,6-7,10,12,20-21H,2,5,8-9H2,1H3,(H,19,22). The van der Waals surface area contributed by atoms with Crippen LogP contribution in [0.1, 0.15) is 26.2 Å². The zero-order valence-electron chi connectivity index (χ0n) is 12.7. The number of ether oxygens (including phenoxy) is 1. The highest BCUT2D eigenvalue weighted by molar-refractivity contribution is 5.96. The van der Waals surface area contributed by atoms with Crippen molar-refractivity contribution in [2.45, 2.75) is 44.4 Å². The largest absolute Gasteiger partial charge is 0.482 e. The van der Waals surface area contributed by atoms with Gasteiger partial charge >= 0.3 is 6.18 Å². The molecular formula is C15H20F3N3O2. The number of hydrazine groups is 1. The molecule has 1 fully saturated rings. The normalized spacial score (nSPS) is 21.2. The molecule has 8 heteroatoms. The quantitative estimate of drug-likeness (QED) is 0.750. The molecule has 5 nitrogen and oxygen atoms in total. The zero-order chi connectivity index (χ0) is 16.9. The van der Waals surface area contributed by atoms with E-state index in [4.69, 9.17) is 4.74 Å². The molecule has 0 aliphatic carbocycles. The first kappa shape index (κ1) is 17.6. The summed E-state index contributed by atoms with van der Waals surface area (Å²) < 4.78 is 41.5. The molecule has 1 aliphatic heterocycles. The summed E-state index contributed by atoms with van der Waals surface area (Å²) >= 11 is 0. The lowest BCUT2D eigenvalue weighted by Crippen LogP contribution is -2.40. The number of amides is 1. The number of anilines is 1. The second-order valence-corrected chi connectivity index (χ2v) is 5.45. The van der Waals surface area contributed by atoms with Crippen LogP contribution >= 0.6 is 0 Å². The number of hydrogen-bond donors (Lipinski definition) is 3. The van der Waals surface area contributed by atoms with Crippen molar-refractivity contribution in [1.29, 1.82) is 0 Å². The summed E-state index contributed by atoms with van der Waals surface area (Å²) in [6.07, 6.45) is -1.85. The number of nitrogens with one attached hydrogen (secondary N) is 3. The molecule has 23 heavy (non-hydrogen) atoms. The lowest BCUT2D eigenvalue weighted by atomic mass is 10.1. The van der Waals surface area contributed by atoms with Crippen LogP contribution in [0.5, 0.6) is 5.75 Å². The van der Waals surface area contributed by atoms with Gasteiger partial charge in [0, 0.05) is 6.04 Å². The number of hydrogen-bond acceptors (Lipinski definition) is 4. The second-order valence-electron chi connectivity index (χ2n) is 5.45. The van der Waals surface area contributed by atoms with Crippen molar-refractivity contribution < 1.29 is 22.7 Å². The summed E-state index contributed by atoms with van der Waals surface area (Å²) in [5.41, 5.74) is 6.17. The molecule has 1 aromatic rings. The summed E-state index contributed by atoms with van der Waals surface area (Å²) in [6, 6.07) is 5.86. The Kier molecular flexibility index (Phi) is 5.84. The highest BCUT2D eigenvalue weighted by Crippen LogP contribution is 2.26. The summed E-state index contributed by atoms with van der Waals surface area (Å²) in [4.78, 5) is 12.2. The SMILES string of the molecule is CCCC1CC(C(=O)Nc2ccccc2OCC(F)(F)F)NN1. The molecule has 1 aliphatic rings. The summed E-state index contributed by atoms with van der Waals surface area (Å²) in [5.74, 6) is -0.312. The molecule has 128 valence electrons. The van der Waals surface area contributed by atoms with Crippen LogP contribution in [-0.2, 0) is 4.79 Å². The fourth-order valence-corrected chi connectivity index (χ4v) is 2.41. The second kappa shape index (κ2) is 7.65. The van der Waals surface area contributed by atoms with Crippen molar-refractivity contribution in [3.05, 3.63) is 24.3 Å². The van der Waals surface area contributed by atoms with Crippen LogP contribution in [0.3, 0.4) is 0 Å². The van der Waals surface area contributed by atoms with Crippen molar-refractivity contribution in [3.8, 4) is 5.75 Å². The number of rotatable bonds is 6. The zero-order valence-corrected chi connectivity index (χ0v) is 12.7. The Morgan fingerprint density at radius 3 is 2.78 bits per heavy atom. The van der Waals surface area contributed by atoms with Crippen LogP contribution in [0.25, 0.3) is 0 Å². The minimum Gasteiger partial charge on any atom is -0.482 e. The minimum absolute atomic E-state index is 0.00533. The monoisotopic (exact) mass is 331 g/mol. The number of carbonyl (C=O) groups is 1. The van der Waals surface area contributed by atoms with Crippen LogP contribution in [0.2, 0.25) is 0 Å². The van der Waals surface area contributed by atoms with Crippen LogP contribution < -0.4 is 20.9 Å². The summed E-state index contributed by atoms with van der Waals surface area (Å²) in [6.45, 7) is 0.658. The Morgan fingerprint density at radius 2 is 2.09 bits per heavy atom. The van der Waals surface area contributed by atoms with Crippen molar-refractivity contribution in [2.75, 3.05) is 11.9 Å². The van der Waals surface area contributed by atoms with E-state index in [0.29, 0.717) is 6.42 Å². The molecule has 2 unspecified atom stereocenters. The maximum atomic E-state index is 12.3. The molecule has 1 aromatic carbocycles. The van der Waals surface area contributed by atoms with E-state index in [1.165, 1.54) is 12.1 Å². The van der Waals surface area contributed by atoms with E-state index in [-0.39, 0.29) is 23.4 Å². The third kappa shape index (κ3) is 5.40. The van der Waals surface area contributed by atoms with Gasteiger partial charge in [0.2, 0.25) is 5.91 Å². The molecule has 0 aromatic heterocycles. The maximum absolute atomic E-state index is 12.3. The number of para-hydroxylation sites is 2. The van der Waals surface area contributed by atoms with E-state index < -0.39 is 18.8 Å². The predicted octanol–water partition coefficient (Wildman–Crippen LogP) is 2.60. The Morgan fingerprint density at radius 1 is 1.35 bits per heavy atom. The van der Waals surface area contributed by atoms with Crippen molar-refractivity contribution in [2.24, 2.45) is 0 Å². The Labute approximate surface area is 132 Å². The molecule has 0 spiro atoms.